The topological polar surface area (TPSA) is 80.5 Å². The highest BCUT2D eigenvalue weighted by atomic mass is 16.6. The monoisotopic (exact) mass is 490 g/mol. The number of allylic oxidation sites excluding steroid dienone is 3. The molecule has 184 valence electrons. The number of aryl methyl sites for hydroxylation is 3. The van der Waals surface area contributed by atoms with E-state index in [0.717, 1.165) is 38.3 Å². The highest BCUT2D eigenvalue weighted by Crippen LogP contribution is 2.59. The van der Waals surface area contributed by atoms with Gasteiger partial charge in [-0.25, -0.2) is 4.90 Å². The molecule has 0 aromatic heterocycles. The lowest BCUT2D eigenvalue weighted by Gasteiger charge is -2.22. The number of amides is 2. The predicted octanol–water partition coefficient (Wildman–Crippen LogP) is 5.94. The minimum atomic E-state index is -0.565. The standard InChI is InChI=1S/C31H26N2O4/c1-17-4-9-20(10-5-17)26(21-11-6-18(2)7-12-21)27-22-13-14-23(27)29-28(22)30(34)32(31(29)35)24-15-8-19(3)16-25(24)33(36)37/h4-16,22-23,28-29H,1-3H3/t22-,23-,28-,29-/m1/s1. The Balaban J connectivity index is 1.49. The van der Waals surface area contributed by atoms with E-state index in [4.69, 9.17) is 0 Å². The van der Waals surface area contributed by atoms with Crippen molar-refractivity contribution in [2.24, 2.45) is 23.7 Å². The van der Waals surface area contributed by atoms with E-state index in [0.29, 0.717) is 5.56 Å². The molecule has 0 radical (unpaired) electrons. The number of carbonyl (C=O) groups is 2. The Kier molecular flexibility index (Phi) is 5.23. The largest absolute Gasteiger partial charge is 0.293 e. The predicted molar refractivity (Wildman–Crippen MR) is 142 cm³/mol. The van der Waals surface area contributed by atoms with E-state index in [1.807, 2.05) is 26.0 Å². The third-order valence-electron chi connectivity index (χ3n) is 7.95. The van der Waals surface area contributed by atoms with E-state index in [9.17, 15) is 19.7 Å². The van der Waals surface area contributed by atoms with Crippen LogP contribution in [0.3, 0.4) is 0 Å². The molecule has 2 amide bonds. The summed E-state index contributed by atoms with van der Waals surface area (Å²) in [7, 11) is 0. The molecule has 2 aliphatic carbocycles. The number of rotatable bonds is 4. The molecule has 3 aromatic carbocycles. The maximum absolute atomic E-state index is 13.8. The highest BCUT2D eigenvalue weighted by Gasteiger charge is 2.63. The first-order chi connectivity index (χ1) is 17.8. The summed E-state index contributed by atoms with van der Waals surface area (Å²) in [6, 6.07) is 21.3. The van der Waals surface area contributed by atoms with Gasteiger partial charge in [0.2, 0.25) is 11.8 Å². The van der Waals surface area contributed by atoms with Crippen molar-refractivity contribution in [3.05, 3.63) is 122 Å². The van der Waals surface area contributed by atoms with E-state index in [2.05, 4.69) is 48.5 Å². The van der Waals surface area contributed by atoms with Crippen LogP contribution < -0.4 is 4.90 Å². The fraction of sp³-hybridized carbons (Fsp3) is 0.226. The van der Waals surface area contributed by atoms with E-state index in [1.54, 1.807) is 13.0 Å². The number of benzene rings is 3. The molecule has 4 atom stereocenters. The van der Waals surface area contributed by atoms with Crippen LogP contribution in [-0.4, -0.2) is 16.7 Å². The lowest BCUT2D eigenvalue weighted by molar-refractivity contribution is -0.384. The first kappa shape index (κ1) is 23.1. The molecule has 3 aromatic rings. The zero-order chi connectivity index (χ0) is 26.0. The van der Waals surface area contributed by atoms with Crippen molar-refractivity contribution in [2.75, 3.05) is 4.90 Å². The first-order valence-corrected chi connectivity index (χ1v) is 12.5. The Morgan fingerprint density at radius 2 is 1.19 bits per heavy atom. The molecule has 3 aliphatic rings. The number of anilines is 1. The van der Waals surface area contributed by atoms with Crippen molar-refractivity contribution >= 4 is 28.8 Å². The smallest absolute Gasteiger partial charge is 0.274 e. The van der Waals surface area contributed by atoms with Gasteiger partial charge >= 0.3 is 0 Å². The third kappa shape index (κ3) is 3.47. The molecule has 2 bridgehead atoms. The maximum atomic E-state index is 13.8. The summed E-state index contributed by atoms with van der Waals surface area (Å²) >= 11 is 0. The Morgan fingerprint density at radius 1 is 0.730 bits per heavy atom. The highest BCUT2D eigenvalue weighted by molar-refractivity contribution is 6.24. The first-order valence-electron chi connectivity index (χ1n) is 12.5. The summed E-state index contributed by atoms with van der Waals surface area (Å²) in [6.07, 6.45) is 4.09. The average Bonchev–Trinajstić information content (AvgIpc) is 3.51. The Morgan fingerprint density at radius 3 is 1.65 bits per heavy atom. The van der Waals surface area contributed by atoms with Crippen LogP contribution in [0, 0.1) is 54.6 Å². The quantitative estimate of drug-likeness (QED) is 0.196. The lowest BCUT2D eigenvalue weighted by atomic mass is 9.85. The second kappa shape index (κ2) is 8.37. The zero-order valence-electron chi connectivity index (χ0n) is 20.8. The van der Waals surface area contributed by atoms with Crippen molar-refractivity contribution in [3.63, 3.8) is 0 Å². The minimum absolute atomic E-state index is 0.0576. The molecule has 1 aliphatic heterocycles. The van der Waals surface area contributed by atoms with Gasteiger partial charge in [-0.2, -0.15) is 0 Å². The molecule has 0 spiro atoms. The number of hydrogen-bond acceptors (Lipinski definition) is 4. The number of nitro benzene ring substituents is 1. The molecular formula is C31H26N2O4. The molecule has 6 rings (SSSR count). The van der Waals surface area contributed by atoms with Gasteiger partial charge in [-0.1, -0.05) is 77.9 Å². The van der Waals surface area contributed by atoms with Gasteiger partial charge in [0.05, 0.1) is 16.8 Å². The van der Waals surface area contributed by atoms with Gasteiger partial charge in [0.15, 0.2) is 0 Å². The van der Waals surface area contributed by atoms with Crippen molar-refractivity contribution < 1.29 is 14.5 Å². The second-order valence-electron chi connectivity index (χ2n) is 10.3. The van der Waals surface area contributed by atoms with Crippen LogP contribution in [0.1, 0.15) is 27.8 Å². The van der Waals surface area contributed by atoms with Gasteiger partial charge in [0.25, 0.3) is 5.69 Å². The fourth-order valence-electron chi connectivity index (χ4n) is 6.24. The van der Waals surface area contributed by atoms with Crippen LogP contribution in [0.25, 0.3) is 5.57 Å². The number of imide groups is 1. The van der Waals surface area contributed by atoms with Crippen LogP contribution in [0.5, 0.6) is 0 Å². The normalized spacial score (nSPS) is 23.6. The summed E-state index contributed by atoms with van der Waals surface area (Å²) in [6.45, 7) is 5.84. The number of hydrogen-bond donors (Lipinski definition) is 0. The van der Waals surface area contributed by atoms with Gasteiger partial charge < -0.3 is 0 Å². The number of fused-ring (bicyclic) bond motifs is 5. The zero-order valence-corrected chi connectivity index (χ0v) is 20.8. The third-order valence-corrected chi connectivity index (χ3v) is 7.95. The Bertz CT molecular complexity index is 1450. The second-order valence-corrected chi connectivity index (χ2v) is 10.3. The number of nitro groups is 1. The summed E-state index contributed by atoms with van der Waals surface area (Å²) in [4.78, 5) is 39.9. The Labute approximate surface area is 215 Å². The van der Waals surface area contributed by atoms with Crippen molar-refractivity contribution in [1.29, 1.82) is 0 Å². The summed E-state index contributed by atoms with van der Waals surface area (Å²) in [5.74, 6) is -2.32. The van der Waals surface area contributed by atoms with Gasteiger partial charge in [-0.05, 0) is 54.7 Å². The molecule has 1 saturated heterocycles. The molecule has 6 nitrogen and oxygen atoms in total. The van der Waals surface area contributed by atoms with E-state index in [-0.39, 0.29) is 35.0 Å². The van der Waals surface area contributed by atoms with Crippen LogP contribution >= 0.6 is 0 Å². The minimum Gasteiger partial charge on any atom is -0.274 e. The fourth-order valence-corrected chi connectivity index (χ4v) is 6.24. The van der Waals surface area contributed by atoms with Gasteiger partial charge in [-0.15, -0.1) is 0 Å². The van der Waals surface area contributed by atoms with E-state index >= 15 is 0 Å². The van der Waals surface area contributed by atoms with E-state index in [1.165, 1.54) is 12.1 Å². The summed E-state index contributed by atoms with van der Waals surface area (Å²) in [5.41, 5.74) is 7.08. The van der Waals surface area contributed by atoms with Gasteiger partial charge in [0.1, 0.15) is 5.69 Å². The number of nitrogens with zero attached hydrogens (tertiary/aromatic N) is 2. The van der Waals surface area contributed by atoms with Gasteiger partial charge in [-0.3, -0.25) is 19.7 Å². The lowest BCUT2D eigenvalue weighted by Crippen LogP contribution is -2.33. The molecule has 2 fully saturated rings. The van der Waals surface area contributed by atoms with Crippen LogP contribution in [0.4, 0.5) is 11.4 Å². The summed E-state index contributed by atoms with van der Waals surface area (Å²) < 4.78 is 0. The van der Waals surface area contributed by atoms with Crippen LogP contribution in [0.2, 0.25) is 0 Å². The summed E-state index contributed by atoms with van der Waals surface area (Å²) in [5, 5.41) is 11.8. The molecule has 1 heterocycles. The van der Waals surface area contributed by atoms with Crippen LogP contribution in [-0.2, 0) is 9.59 Å². The number of carbonyl (C=O) groups excluding carboxylic acids is 2. The van der Waals surface area contributed by atoms with Crippen LogP contribution in [0.15, 0.2) is 84.5 Å². The van der Waals surface area contributed by atoms with Crippen molar-refractivity contribution in [3.8, 4) is 0 Å². The molecule has 6 heteroatoms. The molecule has 37 heavy (non-hydrogen) atoms. The maximum Gasteiger partial charge on any atom is 0.293 e. The molecule has 1 saturated carbocycles. The van der Waals surface area contributed by atoms with Crippen molar-refractivity contribution in [2.45, 2.75) is 20.8 Å². The van der Waals surface area contributed by atoms with Crippen molar-refractivity contribution in [1.82, 2.24) is 0 Å². The Hall–Kier alpha value is -4.32. The van der Waals surface area contributed by atoms with E-state index < -0.39 is 16.8 Å². The molecule has 0 unspecified atom stereocenters. The SMILES string of the molecule is Cc1ccc(C(=C2[C@H]3C=C[C@H]2[C@H]2C(=O)N(c4ccc(C)cc4[N+](=O)[O-])C(=O)[C@@H]23)c2ccc(C)cc2)cc1. The molecule has 0 N–H and O–H groups in total. The molecular weight excluding hydrogens is 464 g/mol. The van der Waals surface area contributed by atoms with Gasteiger partial charge in [0, 0.05) is 17.9 Å². The average molecular weight is 491 g/mol.